The Balaban J connectivity index is 3.02. The molecule has 2 heteroatoms. The maximum atomic E-state index is 11.8. The third-order valence-electron chi connectivity index (χ3n) is 2.47. The van der Waals surface area contributed by atoms with Gasteiger partial charge in [-0.25, -0.2) is 0 Å². The SMILES string of the molecule is CN[C@H](C)C(=O)c1ccc(C)cc1C. The normalized spacial score (nSPS) is 12.6. The second kappa shape index (κ2) is 4.38. The van der Waals surface area contributed by atoms with Crippen LogP contribution >= 0.6 is 0 Å². The highest BCUT2D eigenvalue weighted by Crippen LogP contribution is 2.12. The van der Waals surface area contributed by atoms with E-state index < -0.39 is 0 Å². The number of likely N-dealkylation sites (N-methyl/N-ethyl adjacent to an activating group) is 1. The molecule has 1 aromatic carbocycles. The van der Waals surface area contributed by atoms with Crippen molar-refractivity contribution in [3.8, 4) is 0 Å². The Morgan fingerprint density at radius 3 is 2.50 bits per heavy atom. The highest BCUT2D eigenvalue weighted by molar-refractivity contribution is 6.01. The molecule has 76 valence electrons. The van der Waals surface area contributed by atoms with Crippen LogP contribution < -0.4 is 5.32 Å². The summed E-state index contributed by atoms with van der Waals surface area (Å²) in [6.45, 7) is 5.88. The maximum Gasteiger partial charge on any atom is 0.179 e. The molecular weight excluding hydrogens is 174 g/mol. The van der Waals surface area contributed by atoms with Crippen molar-refractivity contribution in [3.63, 3.8) is 0 Å². The summed E-state index contributed by atoms with van der Waals surface area (Å²) in [6, 6.07) is 5.80. The molecule has 1 rings (SSSR count). The quantitative estimate of drug-likeness (QED) is 0.741. The van der Waals surface area contributed by atoms with E-state index in [1.165, 1.54) is 5.56 Å². The largest absolute Gasteiger partial charge is 0.310 e. The van der Waals surface area contributed by atoms with Crippen molar-refractivity contribution in [3.05, 3.63) is 34.9 Å². The number of rotatable bonds is 3. The molecule has 0 aliphatic heterocycles. The molecule has 0 fully saturated rings. The van der Waals surface area contributed by atoms with Crippen LogP contribution in [0, 0.1) is 13.8 Å². The molecule has 14 heavy (non-hydrogen) atoms. The molecule has 2 nitrogen and oxygen atoms in total. The van der Waals surface area contributed by atoms with Crippen molar-refractivity contribution in [1.29, 1.82) is 0 Å². The fraction of sp³-hybridized carbons (Fsp3) is 0.417. The Labute approximate surface area is 85.3 Å². The minimum absolute atomic E-state index is 0.114. The zero-order valence-corrected chi connectivity index (χ0v) is 9.22. The third kappa shape index (κ3) is 2.20. The van der Waals surface area contributed by atoms with Crippen LogP contribution in [0.15, 0.2) is 18.2 Å². The Morgan fingerprint density at radius 2 is 2.00 bits per heavy atom. The van der Waals surface area contributed by atoms with Gasteiger partial charge in [0.05, 0.1) is 6.04 Å². The van der Waals surface area contributed by atoms with Gasteiger partial charge >= 0.3 is 0 Å². The average Bonchev–Trinajstić information content (AvgIpc) is 2.15. The first-order valence-corrected chi connectivity index (χ1v) is 4.85. The summed E-state index contributed by atoms with van der Waals surface area (Å²) in [5, 5.41) is 2.96. The van der Waals surface area contributed by atoms with E-state index in [0.29, 0.717) is 0 Å². The first kappa shape index (κ1) is 10.9. The average molecular weight is 191 g/mol. The molecule has 1 N–H and O–H groups in total. The van der Waals surface area contributed by atoms with E-state index in [2.05, 4.69) is 5.32 Å². The summed E-state index contributed by atoms with van der Waals surface area (Å²) in [6.07, 6.45) is 0. The van der Waals surface area contributed by atoms with E-state index in [1.54, 1.807) is 7.05 Å². The standard InChI is InChI=1S/C12H17NO/c1-8-5-6-11(9(2)7-8)12(14)10(3)13-4/h5-7,10,13H,1-4H3/t10-/m1/s1. The van der Waals surface area contributed by atoms with Crippen LogP contribution in [0.2, 0.25) is 0 Å². The van der Waals surface area contributed by atoms with Crippen molar-refractivity contribution < 1.29 is 4.79 Å². The van der Waals surface area contributed by atoms with Gasteiger partial charge in [-0.3, -0.25) is 4.79 Å². The van der Waals surface area contributed by atoms with E-state index >= 15 is 0 Å². The van der Waals surface area contributed by atoms with Crippen molar-refractivity contribution in [2.45, 2.75) is 26.8 Å². The van der Waals surface area contributed by atoms with E-state index in [1.807, 2.05) is 39.0 Å². The van der Waals surface area contributed by atoms with Crippen LogP contribution in [0.3, 0.4) is 0 Å². The molecule has 0 heterocycles. The Kier molecular flexibility index (Phi) is 3.42. The van der Waals surface area contributed by atoms with Crippen molar-refractivity contribution in [2.24, 2.45) is 0 Å². The van der Waals surface area contributed by atoms with Gasteiger partial charge in [-0.15, -0.1) is 0 Å². The topological polar surface area (TPSA) is 29.1 Å². The number of Topliss-reactive ketones (excluding diaryl/α,β-unsaturated/α-hetero) is 1. The minimum Gasteiger partial charge on any atom is -0.310 e. The first-order chi connectivity index (χ1) is 6.56. The van der Waals surface area contributed by atoms with Crippen LogP contribution in [-0.4, -0.2) is 18.9 Å². The lowest BCUT2D eigenvalue weighted by atomic mass is 9.99. The molecule has 0 aromatic heterocycles. The molecule has 0 amide bonds. The smallest absolute Gasteiger partial charge is 0.179 e. The van der Waals surface area contributed by atoms with Gasteiger partial charge in [0.15, 0.2) is 5.78 Å². The molecule has 0 spiro atoms. The molecule has 0 bridgehead atoms. The summed E-state index contributed by atoms with van der Waals surface area (Å²) in [4.78, 5) is 11.8. The number of hydrogen-bond acceptors (Lipinski definition) is 2. The van der Waals surface area contributed by atoms with Crippen LogP contribution in [0.25, 0.3) is 0 Å². The van der Waals surface area contributed by atoms with Gasteiger partial charge in [0.1, 0.15) is 0 Å². The molecule has 0 radical (unpaired) electrons. The zero-order chi connectivity index (χ0) is 10.7. The van der Waals surface area contributed by atoms with Crippen LogP contribution in [-0.2, 0) is 0 Å². The molecule has 0 aliphatic carbocycles. The van der Waals surface area contributed by atoms with Gasteiger partial charge in [0, 0.05) is 5.56 Å². The summed E-state index contributed by atoms with van der Waals surface area (Å²) < 4.78 is 0. The van der Waals surface area contributed by atoms with Gasteiger partial charge in [-0.2, -0.15) is 0 Å². The van der Waals surface area contributed by atoms with Gasteiger partial charge in [-0.1, -0.05) is 23.8 Å². The predicted octanol–water partition coefficient (Wildman–Crippen LogP) is 2.09. The lowest BCUT2D eigenvalue weighted by Crippen LogP contribution is -2.31. The minimum atomic E-state index is -0.114. The summed E-state index contributed by atoms with van der Waals surface area (Å²) >= 11 is 0. The zero-order valence-electron chi connectivity index (χ0n) is 9.22. The predicted molar refractivity (Wildman–Crippen MR) is 58.8 cm³/mol. The molecule has 0 saturated carbocycles. The van der Waals surface area contributed by atoms with E-state index in [0.717, 1.165) is 11.1 Å². The number of carbonyl (C=O) groups is 1. The van der Waals surface area contributed by atoms with Crippen molar-refractivity contribution >= 4 is 5.78 Å². The monoisotopic (exact) mass is 191 g/mol. The Hall–Kier alpha value is -1.15. The number of nitrogens with one attached hydrogen (secondary N) is 1. The van der Waals surface area contributed by atoms with Gasteiger partial charge in [0.2, 0.25) is 0 Å². The molecule has 0 unspecified atom stereocenters. The molecule has 1 atom stereocenters. The van der Waals surface area contributed by atoms with Crippen LogP contribution in [0.4, 0.5) is 0 Å². The van der Waals surface area contributed by atoms with E-state index in [-0.39, 0.29) is 11.8 Å². The van der Waals surface area contributed by atoms with Gasteiger partial charge < -0.3 is 5.32 Å². The number of carbonyl (C=O) groups excluding carboxylic acids is 1. The molecule has 1 aromatic rings. The summed E-state index contributed by atoms with van der Waals surface area (Å²) in [5.41, 5.74) is 3.06. The highest BCUT2D eigenvalue weighted by Gasteiger charge is 2.14. The second-order valence-corrected chi connectivity index (χ2v) is 3.69. The van der Waals surface area contributed by atoms with Crippen molar-refractivity contribution in [1.82, 2.24) is 5.32 Å². The number of benzene rings is 1. The summed E-state index contributed by atoms with van der Waals surface area (Å²) in [5.74, 6) is 0.157. The Morgan fingerprint density at radius 1 is 1.36 bits per heavy atom. The lowest BCUT2D eigenvalue weighted by Gasteiger charge is -2.11. The van der Waals surface area contributed by atoms with Crippen LogP contribution in [0.1, 0.15) is 28.4 Å². The van der Waals surface area contributed by atoms with E-state index in [4.69, 9.17) is 0 Å². The first-order valence-electron chi connectivity index (χ1n) is 4.85. The van der Waals surface area contributed by atoms with Gasteiger partial charge in [-0.05, 0) is 33.4 Å². The number of ketones is 1. The Bertz CT molecular complexity index is 344. The highest BCUT2D eigenvalue weighted by atomic mass is 16.1. The fourth-order valence-electron chi connectivity index (χ4n) is 1.45. The number of hydrogen-bond donors (Lipinski definition) is 1. The molecule has 0 aliphatic rings. The third-order valence-corrected chi connectivity index (χ3v) is 2.47. The second-order valence-electron chi connectivity index (χ2n) is 3.69. The van der Waals surface area contributed by atoms with Gasteiger partial charge in [0.25, 0.3) is 0 Å². The molecule has 0 saturated heterocycles. The lowest BCUT2D eigenvalue weighted by molar-refractivity contribution is 0.0954. The van der Waals surface area contributed by atoms with E-state index in [9.17, 15) is 4.79 Å². The summed E-state index contributed by atoms with van der Waals surface area (Å²) in [7, 11) is 1.80. The van der Waals surface area contributed by atoms with Crippen molar-refractivity contribution in [2.75, 3.05) is 7.05 Å². The van der Waals surface area contributed by atoms with Crippen LogP contribution in [0.5, 0.6) is 0 Å². The fourth-order valence-corrected chi connectivity index (χ4v) is 1.45. The maximum absolute atomic E-state index is 11.8. The number of aryl methyl sites for hydroxylation is 2. The molecular formula is C12H17NO.